The number of nitrogens with one attached hydrogen (secondary N) is 1. The van der Waals surface area contributed by atoms with E-state index < -0.39 is 0 Å². The molecule has 1 fully saturated rings. The van der Waals surface area contributed by atoms with Crippen molar-refractivity contribution in [1.29, 1.82) is 0 Å². The van der Waals surface area contributed by atoms with Crippen molar-refractivity contribution in [2.45, 2.75) is 37.5 Å². The number of hydrogen-bond acceptors (Lipinski definition) is 2. The van der Waals surface area contributed by atoms with Crippen molar-refractivity contribution < 1.29 is 0 Å². The zero-order valence-electron chi connectivity index (χ0n) is 10.6. The van der Waals surface area contributed by atoms with Gasteiger partial charge in [-0.15, -0.1) is 0 Å². The second-order valence-corrected chi connectivity index (χ2v) is 6.85. The molecule has 0 amide bonds. The van der Waals surface area contributed by atoms with Gasteiger partial charge in [0.05, 0.1) is 0 Å². The molecule has 1 aromatic rings. The predicted octanol–water partition coefficient (Wildman–Crippen LogP) is 4.41. The molecule has 100 valence electrons. The Morgan fingerprint density at radius 3 is 2.94 bits per heavy atom. The van der Waals surface area contributed by atoms with Crippen LogP contribution in [0.5, 0.6) is 0 Å². The first-order valence-electron chi connectivity index (χ1n) is 6.49. The molecule has 2 unspecified atom stereocenters. The second-order valence-electron chi connectivity index (χ2n) is 4.66. The average molecular weight is 304 g/mol. The van der Waals surface area contributed by atoms with Crippen LogP contribution in [0.15, 0.2) is 18.2 Å². The van der Waals surface area contributed by atoms with E-state index in [1.165, 1.54) is 18.6 Å². The fraction of sp³-hybridized carbons (Fsp3) is 0.571. The van der Waals surface area contributed by atoms with E-state index in [1.807, 2.05) is 18.2 Å². The molecule has 18 heavy (non-hydrogen) atoms. The van der Waals surface area contributed by atoms with Gasteiger partial charge in [-0.3, -0.25) is 0 Å². The molecule has 1 aromatic carbocycles. The summed E-state index contributed by atoms with van der Waals surface area (Å²) in [5.41, 5.74) is 1.16. The highest BCUT2D eigenvalue weighted by Gasteiger charge is 2.25. The minimum Gasteiger partial charge on any atom is -0.313 e. The smallest absolute Gasteiger partial charge is 0.0439 e. The highest BCUT2D eigenvalue weighted by atomic mass is 35.5. The van der Waals surface area contributed by atoms with Gasteiger partial charge in [-0.25, -0.2) is 0 Å². The molecule has 2 atom stereocenters. The maximum absolute atomic E-state index is 6.25. The van der Waals surface area contributed by atoms with Gasteiger partial charge in [0, 0.05) is 21.3 Å². The Balaban J connectivity index is 2.09. The van der Waals surface area contributed by atoms with Crippen molar-refractivity contribution in [1.82, 2.24) is 5.32 Å². The number of hydrogen-bond donors (Lipinski definition) is 1. The first-order valence-corrected chi connectivity index (χ1v) is 8.30. The van der Waals surface area contributed by atoms with E-state index in [1.54, 1.807) is 0 Å². The van der Waals surface area contributed by atoms with E-state index >= 15 is 0 Å². The van der Waals surface area contributed by atoms with Crippen LogP contribution < -0.4 is 5.32 Å². The molecule has 1 aliphatic rings. The van der Waals surface area contributed by atoms with Crippen LogP contribution in [0.25, 0.3) is 0 Å². The summed E-state index contributed by atoms with van der Waals surface area (Å²) in [6.07, 6.45) is 3.60. The van der Waals surface area contributed by atoms with Crippen LogP contribution in [0.1, 0.15) is 25.3 Å². The fourth-order valence-corrected chi connectivity index (χ4v) is 4.24. The molecule has 0 saturated carbocycles. The molecule has 0 bridgehead atoms. The van der Waals surface area contributed by atoms with Crippen molar-refractivity contribution in [2.75, 3.05) is 12.3 Å². The van der Waals surface area contributed by atoms with Crippen molar-refractivity contribution in [3.8, 4) is 0 Å². The minimum atomic E-state index is 0.499. The largest absolute Gasteiger partial charge is 0.313 e. The standard InChI is InChI=1S/C14H19Cl2NS/c1-2-17-13(14-4-3-7-18-14)9-10-8-11(15)5-6-12(10)16/h5-6,8,13-14,17H,2-4,7,9H2,1H3. The predicted molar refractivity (Wildman–Crippen MR) is 83.1 cm³/mol. The van der Waals surface area contributed by atoms with Crippen molar-refractivity contribution in [2.24, 2.45) is 0 Å². The van der Waals surface area contributed by atoms with Gasteiger partial charge in [-0.05, 0) is 55.3 Å². The summed E-state index contributed by atoms with van der Waals surface area (Å²) in [6.45, 7) is 3.16. The van der Waals surface area contributed by atoms with Gasteiger partial charge in [-0.1, -0.05) is 30.1 Å². The van der Waals surface area contributed by atoms with E-state index in [2.05, 4.69) is 24.0 Å². The third-order valence-electron chi connectivity index (χ3n) is 3.33. The molecule has 1 heterocycles. The van der Waals surface area contributed by atoms with Gasteiger partial charge < -0.3 is 5.32 Å². The molecule has 1 saturated heterocycles. The lowest BCUT2D eigenvalue weighted by Crippen LogP contribution is -2.39. The summed E-state index contributed by atoms with van der Waals surface area (Å²) in [5.74, 6) is 1.29. The third-order valence-corrected chi connectivity index (χ3v) is 5.45. The van der Waals surface area contributed by atoms with Crippen molar-refractivity contribution in [3.63, 3.8) is 0 Å². The topological polar surface area (TPSA) is 12.0 Å². The maximum Gasteiger partial charge on any atom is 0.0439 e. The summed E-state index contributed by atoms with van der Waals surface area (Å²) in [5, 5.41) is 5.90. The molecule has 0 aromatic heterocycles. The number of thioether (sulfide) groups is 1. The summed E-state index contributed by atoms with van der Waals surface area (Å²) in [7, 11) is 0. The summed E-state index contributed by atoms with van der Waals surface area (Å²) >= 11 is 14.4. The van der Waals surface area contributed by atoms with Gasteiger partial charge in [0.1, 0.15) is 0 Å². The number of halogens is 2. The molecular weight excluding hydrogens is 285 g/mol. The molecular formula is C14H19Cl2NS. The van der Waals surface area contributed by atoms with Crippen molar-refractivity contribution in [3.05, 3.63) is 33.8 Å². The summed E-state index contributed by atoms with van der Waals surface area (Å²) in [4.78, 5) is 0. The lowest BCUT2D eigenvalue weighted by molar-refractivity contribution is 0.495. The Morgan fingerprint density at radius 2 is 2.28 bits per heavy atom. The molecule has 0 radical (unpaired) electrons. The monoisotopic (exact) mass is 303 g/mol. The molecule has 0 spiro atoms. The van der Waals surface area contributed by atoms with E-state index in [9.17, 15) is 0 Å². The van der Waals surface area contributed by atoms with Crippen LogP contribution in [-0.4, -0.2) is 23.6 Å². The second kappa shape index (κ2) is 7.04. The Morgan fingerprint density at radius 1 is 1.44 bits per heavy atom. The lowest BCUT2D eigenvalue weighted by Gasteiger charge is -2.24. The van der Waals surface area contributed by atoms with Gasteiger partial charge in [0.15, 0.2) is 0 Å². The Labute approximate surface area is 124 Å². The van der Waals surface area contributed by atoms with Gasteiger partial charge in [0.25, 0.3) is 0 Å². The lowest BCUT2D eigenvalue weighted by atomic mass is 10.0. The Kier molecular flexibility index (Phi) is 5.68. The fourth-order valence-electron chi connectivity index (χ4n) is 2.45. The molecule has 1 aliphatic heterocycles. The first kappa shape index (κ1) is 14.5. The summed E-state index contributed by atoms with van der Waals surface area (Å²) < 4.78 is 0. The molecule has 1 N–H and O–H groups in total. The normalized spacial score (nSPS) is 21.2. The van der Waals surface area contributed by atoms with Gasteiger partial charge in [-0.2, -0.15) is 11.8 Å². The van der Waals surface area contributed by atoms with Crippen molar-refractivity contribution >= 4 is 35.0 Å². The minimum absolute atomic E-state index is 0.499. The zero-order chi connectivity index (χ0) is 13.0. The maximum atomic E-state index is 6.25. The SMILES string of the molecule is CCNC(Cc1cc(Cl)ccc1Cl)C1CCCS1. The Hall–Kier alpha value is 0.110. The number of likely N-dealkylation sites (N-methyl/N-ethyl adjacent to an activating group) is 1. The van der Waals surface area contributed by atoms with Gasteiger partial charge >= 0.3 is 0 Å². The molecule has 2 rings (SSSR count). The first-order chi connectivity index (χ1) is 8.70. The molecule has 1 nitrogen and oxygen atoms in total. The molecule has 4 heteroatoms. The van der Waals surface area contributed by atoms with Crippen LogP contribution in [0, 0.1) is 0 Å². The number of benzene rings is 1. The van der Waals surface area contributed by atoms with Crippen LogP contribution in [0.3, 0.4) is 0 Å². The van der Waals surface area contributed by atoms with Gasteiger partial charge in [0.2, 0.25) is 0 Å². The van der Waals surface area contributed by atoms with E-state index in [-0.39, 0.29) is 0 Å². The quantitative estimate of drug-likeness (QED) is 0.865. The zero-order valence-corrected chi connectivity index (χ0v) is 12.9. The number of rotatable bonds is 5. The van der Waals surface area contributed by atoms with E-state index in [4.69, 9.17) is 23.2 Å². The van der Waals surface area contributed by atoms with Crippen LogP contribution in [0.2, 0.25) is 10.0 Å². The average Bonchev–Trinajstić information content (AvgIpc) is 2.87. The molecule has 0 aliphatic carbocycles. The van der Waals surface area contributed by atoms with Crippen LogP contribution in [0.4, 0.5) is 0 Å². The van der Waals surface area contributed by atoms with E-state index in [0.29, 0.717) is 11.3 Å². The van der Waals surface area contributed by atoms with Crippen LogP contribution >= 0.6 is 35.0 Å². The summed E-state index contributed by atoms with van der Waals surface area (Å²) in [6, 6.07) is 6.23. The third kappa shape index (κ3) is 3.80. The Bertz CT molecular complexity index is 391. The van der Waals surface area contributed by atoms with Crippen LogP contribution in [-0.2, 0) is 6.42 Å². The highest BCUT2D eigenvalue weighted by molar-refractivity contribution is 8.00. The van der Waals surface area contributed by atoms with E-state index in [0.717, 1.165) is 28.6 Å². The highest BCUT2D eigenvalue weighted by Crippen LogP contribution is 2.31.